The molecule has 7 nitrogen and oxygen atoms in total. The van der Waals surface area contributed by atoms with E-state index in [0.717, 1.165) is 11.8 Å². The van der Waals surface area contributed by atoms with E-state index in [0.29, 0.717) is 17.2 Å². The normalized spacial score (nSPS) is 20.5. The van der Waals surface area contributed by atoms with Gasteiger partial charge in [-0.25, -0.2) is 0 Å². The molecule has 0 spiro atoms. The van der Waals surface area contributed by atoms with E-state index in [1.807, 2.05) is 0 Å². The predicted molar refractivity (Wildman–Crippen MR) is 73.8 cm³/mol. The first-order valence-electron chi connectivity index (χ1n) is 5.86. The molecule has 104 valence electrons. The average molecular weight is 293 g/mol. The first-order chi connectivity index (χ1) is 9.61. The molecule has 0 unspecified atom stereocenters. The molecule has 20 heavy (non-hydrogen) atoms. The number of amides is 2. The number of rotatable bonds is 2. The molecule has 2 aliphatic rings. The van der Waals surface area contributed by atoms with Crippen LogP contribution >= 0.6 is 11.8 Å². The maximum absolute atomic E-state index is 12.1. The van der Waals surface area contributed by atoms with Gasteiger partial charge < -0.3 is 20.5 Å². The van der Waals surface area contributed by atoms with Crippen LogP contribution in [0.3, 0.4) is 0 Å². The largest absolute Gasteiger partial charge is 0.454 e. The highest BCUT2D eigenvalue weighted by Gasteiger charge is 2.28. The number of aliphatic imine (C=N–C) groups is 1. The van der Waals surface area contributed by atoms with Gasteiger partial charge >= 0.3 is 0 Å². The Morgan fingerprint density at radius 2 is 2.20 bits per heavy atom. The number of hydrogen-bond acceptors (Lipinski definition) is 6. The predicted octanol–water partition coefficient (Wildman–Crippen LogP) is 0.701. The maximum Gasteiger partial charge on any atom is 0.249 e. The fourth-order valence-electron chi connectivity index (χ4n) is 1.88. The molecule has 0 aliphatic carbocycles. The molecule has 0 radical (unpaired) electrons. The second kappa shape index (κ2) is 5.04. The second-order valence-corrected chi connectivity index (χ2v) is 5.43. The van der Waals surface area contributed by atoms with Crippen molar-refractivity contribution in [3.8, 4) is 11.5 Å². The third kappa shape index (κ3) is 2.55. The highest BCUT2D eigenvalue weighted by Crippen LogP contribution is 2.34. The Morgan fingerprint density at radius 1 is 1.40 bits per heavy atom. The van der Waals surface area contributed by atoms with Crippen LogP contribution in [0.25, 0.3) is 0 Å². The number of carbonyl (C=O) groups excluding carboxylic acids is 2. The average Bonchev–Trinajstić information content (AvgIpc) is 2.85. The third-order valence-corrected chi connectivity index (χ3v) is 3.79. The van der Waals surface area contributed by atoms with Crippen LogP contribution in [-0.4, -0.2) is 29.0 Å². The minimum absolute atomic E-state index is 0.0434. The first kappa shape index (κ1) is 12.8. The Bertz CT molecular complexity index is 617. The summed E-state index contributed by atoms with van der Waals surface area (Å²) in [7, 11) is 0. The van der Waals surface area contributed by atoms with Crippen molar-refractivity contribution in [2.75, 3.05) is 12.1 Å². The summed E-state index contributed by atoms with van der Waals surface area (Å²) in [5.74, 6) is 0.546. The van der Waals surface area contributed by atoms with E-state index >= 15 is 0 Å². The van der Waals surface area contributed by atoms with Gasteiger partial charge in [0.15, 0.2) is 16.7 Å². The number of anilines is 1. The summed E-state index contributed by atoms with van der Waals surface area (Å²) in [4.78, 5) is 27.0. The molecular weight excluding hydrogens is 282 g/mol. The van der Waals surface area contributed by atoms with Crippen molar-refractivity contribution < 1.29 is 19.1 Å². The number of nitrogens with zero attached hydrogens (tertiary/aromatic N) is 1. The molecule has 3 rings (SSSR count). The number of ether oxygens (including phenoxy) is 2. The molecule has 2 heterocycles. The lowest BCUT2D eigenvalue weighted by molar-refractivity contribution is -0.121. The molecule has 0 bridgehead atoms. The Balaban J connectivity index is 1.70. The van der Waals surface area contributed by atoms with E-state index in [-0.39, 0.29) is 30.2 Å². The summed E-state index contributed by atoms with van der Waals surface area (Å²) in [6, 6.07) is 5.10. The minimum Gasteiger partial charge on any atom is -0.454 e. The minimum atomic E-state index is -0.564. The van der Waals surface area contributed by atoms with Gasteiger partial charge in [0.1, 0.15) is 5.25 Å². The summed E-state index contributed by atoms with van der Waals surface area (Å²) in [6.07, 6.45) is 0.0434. The van der Waals surface area contributed by atoms with Gasteiger partial charge in [0.2, 0.25) is 18.6 Å². The van der Waals surface area contributed by atoms with Crippen LogP contribution in [0.2, 0.25) is 0 Å². The van der Waals surface area contributed by atoms with Crippen molar-refractivity contribution in [1.29, 1.82) is 0 Å². The summed E-state index contributed by atoms with van der Waals surface area (Å²) in [6.45, 7) is 0.173. The summed E-state index contributed by atoms with van der Waals surface area (Å²) in [5, 5.41) is 2.28. The van der Waals surface area contributed by atoms with Crippen LogP contribution in [0.4, 0.5) is 5.69 Å². The molecule has 2 amide bonds. The highest BCUT2D eigenvalue weighted by molar-refractivity contribution is 8.15. The zero-order valence-corrected chi connectivity index (χ0v) is 11.1. The van der Waals surface area contributed by atoms with Gasteiger partial charge in [0.05, 0.1) is 6.42 Å². The standard InChI is InChI=1S/C12H11N3O4S/c13-12-15-10(16)4-9(20-12)11(17)14-6-1-2-7-8(3-6)19-5-18-7/h1-3,9H,4-5H2,(H,14,17)(H2,13,15,16)/t9-/m0/s1. The van der Waals surface area contributed by atoms with Crippen molar-refractivity contribution in [2.45, 2.75) is 11.7 Å². The van der Waals surface area contributed by atoms with Crippen LogP contribution in [0.5, 0.6) is 11.5 Å². The zero-order valence-electron chi connectivity index (χ0n) is 10.3. The molecule has 1 atom stereocenters. The van der Waals surface area contributed by atoms with Gasteiger partial charge in [0, 0.05) is 11.8 Å². The van der Waals surface area contributed by atoms with Gasteiger partial charge in [0.25, 0.3) is 0 Å². The van der Waals surface area contributed by atoms with Crippen LogP contribution in [0.15, 0.2) is 23.2 Å². The zero-order chi connectivity index (χ0) is 14.1. The Hall–Kier alpha value is -2.22. The molecule has 2 aliphatic heterocycles. The number of hydrogen-bond donors (Lipinski definition) is 2. The van der Waals surface area contributed by atoms with E-state index in [4.69, 9.17) is 15.2 Å². The lowest BCUT2D eigenvalue weighted by Crippen LogP contribution is -2.33. The quantitative estimate of drug-likeness (QED) is 0.832. The number of amidine groups is 1. The number of thioether (sulfide) groups is 1. The molecule has 3 N–H and O–H groups in total. The SMILES string of the molecule is NC1=NC(=O)C[C@@H](C(=O)Nc2ccc3c(c2)OCO3)S1. The molecular formula is C12H11N3O4S. The molecule has 0 aromatic heterocycles. The van der Waals surface area contributed by atoms with Crippen molar-refractivity contribution >= 4 is 34.4 Å². The van der Waals surface area contributed by atoms with Gasteiger partial charge in [-0.2, -0.15) is 4.99 Å². The first-order valence-corrected chi connectivity index (χ1v) is 6.74. The van der Waals surface area contributed by atoms with E-state index in [9.17, 15) is 9.59 Å². The lowest BCUT2D eigenvalue weighted by Gasteiger charge is -2.17. The molecule has 1 aromatic carbocycles. The van der Waals surface area contributed by atoms with Crippen molar-refractivity contribution in [2.24, 2.45) is 10.7 Å². The Kier molecular flexibility index (Phi) is 3.23. The van der Waals surface area contributed by atoms with Crippen LogP contribution in [0, 0.1) is 0 Å². The summed E-state index contributed by atoms with van der Waals surface area (Å²) in [5.41, 5.74) is 6.07. The van der Waals surface area contributed by atoms with E-state index in [1.165, 1.54) is 0 Å². The summed E-state index contributed by atoms with van der Waals surface area (Å²) < 4.78 is 10.4. The van der Waals surface area contributed by atoms with E-state index in [2.05, 4.69) is 10.3 Å². The van der Waals surface area contributed by atoms with Gasteiger partial charge in [-0.15, -0.1) is 0 Å². The van der Waals surface area contributed by atoms with Crippen molar-refractivity contribution in [3.63, 3.8) is 0 Å². The number of fused-ring (bicyclic) bond motifs is 1. The van der Waals surface area contributed by atoms with Crippen molar-refractivity contribution in [1.82, 2.24) is 0 Å². The molecule has 0 saturated heterocycles. The number of nitrogens with two attached hydrogens (primary N) is 1. The van der Waals surface area contributed by atoms with Crippen LogP contribution in [-0.2, 0) is 9.59 Å². The fourth-order valence-corrected chi connectivity index (χ4v) is 2.72. The molecule has 1 aromatic rings. The van der Waals surface area contributed by atoms with Crippen molar-refractivity contribution in [3.05, 3.63) is 18.2 Å². The summed E-state index contributed by atoms with van der Waals surface area (Å²) >= 11 is 1.08. The third-order valence-electron chi connectivity index (χ3n) is 2.79. The smallest absolute Gasteiger partial charge is 0.249 e. The second-order valence-electron chi connectivity index (χ2n) is 4.21. The fraction of sp³-hybridized carbons (Fsp3) is 0.250. The van der Waals surface area contributed by atoms with Gasteiger partial charge in [-0.1, -0.05) is 11.8 Å². The van der Waals surface area contributed by atoms with Crippen LogP contribution in [0.1, 0.15) is 6.42 Å². The van der Waals surface area contributed by atoms with Gasteiger partial charge in [-0.05, 0) is 12.1 Å². The van der Waals surface area contributed by atoms with Gasteiger partial charge in [-0.3, -0.25) is 9.59 Å². The van der Waals surface area contributed by atoms with E-state index < -0.39 is 5.25 Å². The van der Waals surface area contributed by atoms with E-state index in [1.54, 1.807) is 18.2 Å². The molecule has 0 fully saturated rings. The highest BCUT2D eigenvalue weighted by atomic mass is 32.2. The van der Waals surface area contributed by atoms with Crippen LogP contribution < -0.4 is 20.5 Å². The molecule has 8 heteroatoms. The maximum atomic E-state index is 12.1. The monoisotopic (exact) mass is 293 g/mol. The molecule has 0 saturated carbocycles. The Morgan fingerprint density at radius 3 is 3.00 bits per heavy atom. The number of carbonyl (C=O) groups is 2. The Labute approximate surface area is 118 Å². The number of nitrogens with one attached hydrogen (secondary N) is 1. The lowest BCUT2D eigenvalue weighted by atomic mass is 10.2. The topological polar surface area (TPSA) is 103 Å². The number of benzene rings is 1.